The molecule has 0 spiro atoms. The predicted molar refractivity (Wildman–Crippen MR) is 145 cm³/mol. The highest BCUT2D eigenvalue weighted by molar-refractivity contribution is 9.10. The van der Waals surface area contributed by atoms with E-state index in [1.165, 1.54) is 0 Å². The molecule has 0 saturated carbocycles. The highest BCUT2D eigenvalue weighted by Crippen LogP contribution is 2.36. The number of rotatable bonds is 11. The molecule has 0 aliphatic carbocycles. The molecule has 184 valence electrons. The van der Waals surface area contributed by atoms with Gasteiger partial charge < -0.3 is 20.2 Å². The molecule has 8 heteroatoms. The maximum absolute atomic E-state index is 6.44. The average Bonchev–Trinajstić information content (AvgIpc) is 2.70. The normalized spacial score (nSPS) is 13.1. The zero-order chi connectivity index (χ0) is 24.8. The summed E-state index contributed by atoms with van der Waals surface area (Å²) in [5.41, 5.74) is 9.03. The Balaban J connectivity index is 2.25. The summed E-state index contributed by atoms with van der Waals surface area (Å²) >= 11 is 3.52. The number of aromatic nitrogens is 2. The van der Waals surface area contributed by atoms with Crippen LogP contribution < -0.4 is 15.8 Å². The SMILES string of the molecule is CCC[C@@H](CCO[Si](C)(C)C(C)(C)C)Nc1nc(N)nc(C)c1Cc1ccc(Br)cc1OC. The van der Waals surface area contributed by atoms with Crippen molar-refractivity contribution in [2.75, 3.05) is 24.8 Å². The van der Waals surface area contributed by atoms with Crippen molar-refractivity contribution in [2.24, 2.45) is 0 Å². The van der Waals surface area contributed by atoms with Gasteiger partial charge in [0.2, 0.25) is 5.95 Å². The van der Waals surface area contributed by atoms with Crippen molar-refractivity contribution in [3.8, 4) is 5.75 Å². The molecule has 2 aromatic rings. The van der Waals surface area contributed by atoms with Gasteiger partial charge in [-0.15, -0.1) is 0 Å². The minimum absolute atomic E-state index is 0.204. The monoisotopic (exact) mass is 536 g/mol. The fourth-order valence-electron chi connectivity index (χ4n) is 3.51. The van der Waals surface area contributed by atoms with Gasteiger partial charge in [0.15, 0.2) is 8.32 Å². The molecule has 0 fully saturated rings. The van der Waals surface area contributed by atoms with Crippen LogP contribution in [0, 0.1) is 6.92 Å². The Morgan fingerprint density at radius 2 is 1.88 bits per heavy atom. The van der Waals surface area contributed by atoms with Crippen LogP contribution in [0.25, 0.3) is 0 Å². The number of nitrogens with two attached hydrogens (primary N) is 1. The second kappa shape index (κ2) is 11.7. The first-order valence-electron chi connectivity index (χ1n) is 11.7. The van der Waals surface area contributed by atoms with E-state index in [2.05, 4.69) is 78.1 Å². The molecule has 1 aromatic carbocycles. The van der Waals surface area contributed by atoms with E-state index >= 15 is 0 Å². The van der Waals surface area contributed by atoms with Crippen molar-refractivity contribution >= 4 is 36.0 Å². The van der Waals surface area contributed by atoms with Crippen LogP contribution in [0.1, 0.15) is 63.8 Å². The average molecular weight is 538 g/mol. The molecule has 0 unspecified atom stereocenters. The van der Waals surface area contributed by atoms with Gasteiger partial charge in [-0.25, -0.2) is 4.98 Å². The van der Waals surface area contributed by atoms with Crippen molar-refractivity contribution in [2.45, 2.75) is 84.5 Å². The Morgan fingerprint density at radius 3 is 2.48 bits per heavy atom. The molecule has 3 N–H and O–H groups in total. The fourth-order valence-corrected chi connectivity index (χ4v) is 4.91. The van der Waals surface area contributed by atoms with Gasteiger partial charge in [0.05, 0.1) is 7.11 Å². The molecule has 1 aromatic heterocycles. The van der Waals surface area contributed by atoms with Gasteiger partial charge in [0, 0.05) is 34.8 Å². The Labute approximate surface area is 209 Å². The Kier molecular flexibility index (Phi) is 9.76. The molecule has 1 heterocycles. The third-order valence-corrected chi connectivity index (χ3v) is 11.6. The lowest BCUT2D eigenvalue weighted by atomic mass is 10.0. The third-order valence-electron chi connectivity index (χ3n) is 6.56. The predicted octanol–water partition coefficient (Wildman–Crippen LogP) is 6.72. The minimum atomic E-state index is -1.77. The van der Waals surface area contributed by atoms with Crippen LogP contribution in [0.5, 0.6) is 5.75 Å². The number of halogens is 1. The third kappa shape index (κ3) is 7.69. The van der Waals surface area contributed by atoms with Gasteiger partial charge in [-0.1, -0.05) is 56.1 Å². The standard InChI is InChI=1S/C25H41BrN4O2Si/c1-9-10-20(13-14-32-33(7,8)25(3,4)5)29-23-21(17(2)28-24(27)30-23)15-18-11-12-19(26)16-22(18)31-6/h11-12,16,20H,9-10,13-15H2,1-8H3,(H3,27,28,29,30)/t20-/m0/s1. The van der Waals surface area contributed by atoms with E-state index in [4.69, 9.17) is 14.9 Å². The molecule has 0 bridgehead atoms. The van der Waals surface area contributed by atoms with Crippen LogP contribution in [0.15, 0.2) is 22.7 Å². The zero-order valence-corrected chi connectivity index (χ0v) is 24.1. The molecule has 0 amide bonds. The van der Waals surface area contributed by atoms with Gasteiger partial charge in [0.1, 0.15) is 11.6 Å². The fraction of sp³-hybridized carbons (Fsp3) is 0.600. The number of benzene rings is 1. The second-order valence-electron chi connectivity index (χ2n) is 10.2. The van der Waals surface area contributed by atoms with Crippen LogP contribution in [0.4, 0.5) is 11.8 Å². The molecule has 0 radical (unpaired) electrons. The van der Waals surface area contributed by atoms with E-state index in [1.54, 1.807) is 7.11 Å². The van der Waals surface area contributed by atoms with Gasteiger partial charge in [-0.3, -0.25) is 0 Å². The van der Waals surface area contributed by atoms with Gasteiger partial charge in [-0.05, 0) is 55.6 Å². The summed E-state index contributed by atoms with van der Waals surface area (Å²) in [5, 5.41) is 3.88. The zero-order valence-electron chi connectivity index (χ0n) is 21.5. The Morgan fingerprint density at radius 1 is 1.18 bits per heavy atom. The molecule has 0 aliphatic rings. The van der Waals surface area contributed by atoms with Gasteiger partial charge in [0.25, 0.3) is 0 Å². The summed E-state index contributed by atoms with van der Waals surface area (Å²) in [6.07, 6.45) is 3.69. The van der Waals surface area contributed by atoms with E-state index < -0.39 is 8.32 Å². The summed E-state index contributed by atoms with van der Waals surface area (Å²) in [4.78, 5) is 9.03. The molecule has 6 nitrogen and oxygen atoms in total. The molecular weight excluding hydrogens is 496 g/mol. The Bertz CT molecular complexity index is 931. The highest BCUT2D eigenvalue weighted by Gasteiger charge is 2.37. The molecule has 0 saturated heterocycles. The number of anilines is 2. The van der Waals surface area contributed by atoms with Crippen molar-refractivity contribution in [3.05, 3.63) is 39.5 Å². The molecule has 33 heavy (non-hydrogen) atoms. The number of nitrogens with one attached hydrogen (secondary N) is 1. The van der Waals surface area contributed by atoms with Crippen molar-refractivity contribution < 1.29 is 9.16 Å². The summed E-state index contributed by atoms with van der Waals surface area (Å²) in [6.45, 7) is 16.3. The number of methoxy groups -OCH3 is 1. The summed E-state index contributed by atoms with van der Waals surface area (Å²) in [6, 6.07) is 6.32. The smallest absolute Gasteiger partial charge is 0.222 e. The largest absolute Gasteiger partial charge is 0.496 e. The lowest BCUT2D eigenvalue weighted by Crippen LogP contribution is -2.41. The van der Waals surface area contributed by atoms with Crippen molar-refractivity contribution in [3.63, 3.8) is 0 Å². The maximum Gasteiger partial charge on any atom is 0.222 e. The van der Waals surface area contributed by atoms with E-state index in [9.17, 15) is 0 Å². The van der Waals surface area contributed by atoms with E-state index in [1.807, 2.05) is 19.1 Å². The van der Waals surface area contributed by atoms with Crippen LogP contribution in [-0.2, 0) is 10.8 Å². The van der Waals surface area contributed by atoms with Crippen LogP contribution in [0.3, 0.4) is 0 Å². The van der Waals surface area contributed by atoms with Crippen molar-refractivity contribution in [1.29, 1.82) is 0 Å². The number of nitrogen functional groups attached to an aromatic ring is 1. The Hall–Kier alpha value is -1.64. The maximum atomic E-state index is 6.44. The van der Waals surface area contributed by atoms with E-state index in [0.29, 0.717) is 6.42 Å². The second-order valence-corrected chi connectivity index (χ2v) is 15.9. The quantitative estimate of drug-likeness (QED) is 0.310. The first-order valence-corrected chi connectivity index (χ1v) is 15.4. The van der Waals surface area contributed by atoms with E-state index in [-0.39, 0.29) is 17.0 Å². The van der Waals surface area contributed by atoms with E-state index in [0.717, 1.165) is 58.7 Å². The lowest BCUT2D eigenvalue weighted by Gasteiger charge is -2.36. The number of nitrogens with zero attached hydrogens (tertiary/aromatic N) is 2. The number of hydrogen-bond donors (Lipinski definition) is 2. The molecule has 2 rings (SSSR count). The first kappa shape index (κ1) is 27.6. The summed E-state index contributed by atoms with van der Waals surface area (Å²) in [5.74, 6) is 1.92. The summed E-state index contributed by atoms with van der Waals surface area (Å²) in [7, 11) is -0.0820. The number of hydrogen-bond acceptors (Lipinski definition) is 6. The molecule has 1 atom stereocenters. The first-order chi connectivity index (χ1) is 15.4. The van der Waals surface area contributed by atoms with Gasteiger partial charge >= 0.3 is 0 Å². The molecular formula is C25H41BrN4O2Si. The minimum Gasteiger partial charge on any atom is -0.496 e. The van der Waals surface area contributed by atoms with Gasteiger partial charge in [-0.2, -0.15) is 4.98 Å². The molecule has 0 aliphatic heterocycles. The number of ether oxygens (including phenoxy) is 1. The topological polar surface area (TPSA) is 82.3 Å². The highest BCUT2D eigenvalue weighted by atomic mass is 79.9. The lowest BCUT2D eigenvalue weighted by molar-refractivity contribution is 0.272. The van der Waals surface area contributed by atoms with Crippen LogP contribution in [0.2, 0.25) is 18.1 Å². The number of aryl methyl sites for hydroxylation is 1. The van der Waals surface area contributed by atoms with Crippen LogP contribution >= 0.6 is 15.9 Å². The summed E-state index contributed by atoms with van der Waals surface area (Å²) < 4.78 is 13.0. The van der Waals surface area contributed by atoms with Crippen molar-refractivity contribution in [1.82, 2.24) is 9.97 Å². The van der Waals surface area contributed by atoms with Crippen LogP contribution in [-0.4, -0.2) is 38.0 Å².